The molecule has 0 bridgehead atoms. The monoisotopic (exact) mass is 434 g/mol. The van der Waals surface area contributed by atoms with Crippen molar-refractivity contribution in [3.05, 3.63) is 59.4 Å². The molecule has 0 aliphatic carbocycles. The fourth-order valence-electron chi connectivity index (χ4n) is 3.01. The van der Waals surface area contributed by atoms with Crippen LogP contribution in [0.2, 0.25) is 5.02 Å². The minimum Gasteiger partial charge on any atom is -0.493 e. The van der Waals surface area contributed by atoms with Crippen molar-refractivity contribution in [3.63, 3.8) is 0 Å². The van der Waals surface area contributed by atoms with Crippen molar-refractivity contribution in [1.29, 1.82) is 0 Å². The molecular weight excluding hydrogens is 415 g/mol. The summed E-state index contributed by atoms with van der Waals surface area (Å²) in [5, 5.41) is 10.0. The van der Waals surface area contributed by atoms with E-state index in [4.69, 9.17) is 21.1 Å². The number of ether oxygens (including phenoxy) is 2. The fraction of sp³-hybridized carbons (Fsp3) is 0.300. The number of thioether (sulfide) groups is 1. The van der Waals surface area contributed by atoms with Crippen LogP contribution < -0.4 is 9.64 Å². The van der Waals surface area contributed by atoms with E-state index in [2.05, 4.69) is 15.1 Å². The third kappa shape index (κ3) is 5.01. The van der Waals surface area contributed by atoms with E-state index in [1.165, 1.54) is 23.9 Å². The van der Waals surface area contributed by atoms with Crippen LogP contribution in [-0.4, -0.2) is 53.4 Å². The molecule has 1 saturated heterocycles. The van der Waals surface area contributed by atoms with E-state index in [1.54, 1.807) is 18.2 Å². The summed E-state index contributed by atoms with van der Waals surface area (Å²) in [7, 11) is 0. The molecule has 1 aromatic heterocycles. The zero-order valence-electron chi connectivity index (χ0n) is 15.6. The maximum Gasteiger partial charge on any atom is 0.232 e. The molecule has 0 saturated carbocycles. The van der Waals surface area contributed by atoms with Crippen molar-refractivity contribution in [2.24, 2.45) is 0 Å². The number of morpholine rings is 1. The molecule has 0 spiro atoms. The average Bonchev–Trinajstić information content (AvgIpc) is 3.16. The van der Waals surface area contributed by atoms with Gasteiger partial charge in [-0.05, 0) is 36.4 Å². The molecule has 1 aliphatic heterocycles. The van der Waals surface area contributed by atoms with Gasteiger partial charge in [-0.25, -0.2) is 4.39 Å². The first-order chi connectivity index (χ1) is 14.2. The summed E-state index contributed by atoms with van der Waals surface area (Å²) in [6.07, 6.45) is 0. The molecular formula is C20H20ClFN4O2S. The van der Waals surface area contributed by atoms with Gasteiger partial charge in [0.1, 0.15) is 11.6 Å². The van der Waals surface area contributed by atoms with Crippen molar-refractivity contribution in [2.45, 2.75) is 5.16 Å². The standard InChI is InChI=1S/C20H20ClFN4O2S/c21-15-3-1-6-18(13-15)28-11-12-29-20-24-23-19(25-7-9-27-10-8-25)26(20)17-5-2-4-16(22)14-17/h1-6,13-14H,7-12H2. The maximum absolute atomic E-state index is 13.9. The second kappa shape index (κ2) is 9.47. The molecule has 1 fully saturated rings. The lowest BCUT2D eigenvalue weighted by Crippen LogP contribution is -2.37. The minimum atomic E-state index is -0.302. The molecule has 0 radical (unpaired) electrons. The number of halogens is 2. The summed E-state index contributed by atoms with van der Waals surface area (Å²) in [6.45, 7) is 3.18. The Morgan fingerprint density at radius 3 is 2.72 bits per heavy atom. The van der Waals surface area contributed by atoms with Gasteiger partial charge in [0.05, 0.1) is 25.5 Å². The topological polar surface area (TPSA) is 52.4 Å². The first kappa shape index (κ1) is 20.0. The largest absolute Gasteiger partial charge is 0.493 e. The van der Waals surface area contributed by atoms with Crippen LogP contribution in [0.1, 0.15) is 0 Å². The summed E-state index contributed by atoms with van der Waals surface area (Å²) in [6, 6.07) is 13.7. The number of aromatic nitrogens is 3. The van der Waals surface area contributed by atoms with Gasteiger partial charge in [-0.15, -0.1) is 10.2 Å². The highest BCUT2D eigenvalue weighted by Gasteiger charge is 2.22. The molecule has 0 unspecified atom stereocenters. The number of anilines is 1. The number of hydrogen-bond donors (Lipinski definition) is 0. The van der Waals surface area contributed by atoms with E-state index in [0.717, 1.165) is 18.8 Å². The predicted molar refractivity (Wildman–Crippen MR) is 112 cm³/mol. The molecule has 2 heterocycles. The van der Waals surface area contributed by atoms with Crippen molar-refractivity contribution in [1.82, 2.24) is 14.8 Å². The van der Waals surface area contributed by atoms with E-state index in [-0.39, 0.29) is 5.82 Å². The molecule has 3 aromatic rings. The Hall–Kier alpha value is -2.29. The maximum atomic E-state index is 13.9. The molecule has 29 heavy (non-hydrogen) atoms. The summed E-state index contributed by atoms with van der Waals surface area (Å²) in [5.41, 5.74) is 0.690. The van der Waals surface area contributed by atoms with Gasteiger partial charge in [0.2, 0.25) is 5.95 Å². The van der Waals surface area contributed by atoms with Crippen LogP contribution in [0.15, 0.2) is 53.7 Å². The molecule has 0 N–H and O–H groups in total. The summed E-state index contributed by atoms with van der Waals surface area (Å²) in [4.78, 5) is 2.11. The second-order valence-electron chi connectivity index (χ2n) is 6.35. The van der Waals surface area contributed by atoms with Crippen molar-refractivity contribution in [3.8, 4) is 11.4 Å². The minimum absolute atomic E-state index is 0.302. The Labute approximate surface area is 177 Å². The number of hydrogen-bond acceptors (Lipinski definition) is 6. The van der Waals surface area contributed by atoms with Crippen molar-refractivity contribution in [2.75, 3.05) is 43.6 Å². The number of benzene rings is 2. The Morgan fingerprint density at radius 2 is 1.93 bits per heavy atom. The van der Waals surface area contributed by atoms with Gasteiger partial charge in [0.15, 0.2) is 5.16 Å². The first-order valence-electron chi connectivity index (χ1n) is 9.26. The van der Waals surface area contributed by atoms with Gasteiger partial charge in [0, 0.05) is 23.9 Å². The molecule has 1 aliphatic rings. The van der Waals surface area contributed by atoms with Gasteiger partial charge in [-0.2, -0.15) is 0 Å². The van der Waals surface area contributed by atoms with E-state index in [1.807, 2.05) is 22.8 Å². The van der Waals surface area contributed by atoms with Crippen LogP contribution in [0, 0.1) is 5.82 Å². The van der Waals surface area contributed by atoms with Gasteiger partial charge in [-0.3, -0.25) is 4.57 Å². The highest BCUT2D eigenvalue weighted by molar-refractivity contribution is 7.99. The quantitative estimate of drug-likeness (QED) is 0.413. The SMILES string of the molecule is Fc1cccc(-n2c(SCCOc3cccc(Cl)c3)nnc2N2CCOCC2)c1. The third-order valence-corrected chi connectivity index (χ3v) is 5.48. The smallest absolute Gasteiger partial charge is 0.232 e. The summed E-state index contributed by atoms with van der Waals surface area (Å²) < 4.78 is 26.9. The highest BCUT2D eigenvalue weighted by atomic mass is 35.5. The van der Waals surface area contributed by atoms with E-state index < -0.39 is 0 Å². The van der Waals surface area contributed by atoms with E-state index in [0.29, 0.717) is 47.4 Å². The fourth-order valence-corrected chi connectivity index (χ4v) is 3.96. The Balaban J connectivity index is 1.50. The Bertz CT molecular complexity index is 965. The van der Waals surface area contributed by atoms with Crippen molar-refractivity contribution < 1.29 is 13.9 Å². The zero-order valence-corrected chi connectivity index (χ0v) is 17.2. The van der Waals surface area contributed by atoms with E-state index in [9.17, 15) is 4.39 Å². The molecule has 0 amide bonds. The van der Waals surface area contributed by atoms with Crippen LogP contribution in [0.25, 0.3) is 5.69 Å². The van der Waals surface area contributed by atoms with E-state index >= 15 is 0 Å². The molecule has 0 atom stereocenters. The van der Waals surface area contributed by atoms with Crippen LogP contribution in [0.5, 0.6) is 5.75 Å². The lowest BCUT2D eigenvalue weighted by Gasteiger charge is -2.27. The van der Waals surface area contributed by atoms with Gasteiger partial charge >= 0.3 is 0 Å². The Morgan fingerprint density at radius 1 is 1.10 bits per heavy atom. The molecule has 6 nitrogen and oxygen atoms in total. The molecule has 152 valence electrons. The molecule has 2 aromatic carbocycles. The van der Waals surface area contributed by atoms with Crippen LogP contribution in [0.3, 0.4) is 0 Å². The van der Waals surface area contributed by atoms with Crippen LogP contribution in [0.4, 0.5) is 10.3 Å². The lowest BCUT2D eigenvalue weighted by molar-refractivity contribution is 0.122. The normalized spacial score (nSPS) is 14.2. The Kier molecular flexibility index (Phi) is 6.53. The van der Waals surface area contributed by atoms with Crippen LogP contribution in [-0.2, 0) is 4.74 Å². The first-order valence-corrected chi connectivity index (χ1v) is 10.6. The van der Waals surface area contributed by atoms with Crippen LogP contribution >= 0.6 is 23.4 Å². The van der Waals surface area contributed by atoms with Crippen molar-refractivity contribution >= 4 is 29.3 Å². The lowest BCUT2D eigenvalue weighted by atomic mass is 10.3. The third-order valence-electron chi connectivity index (χ3n) is 4.36. The van der Waals surface area contributed by atoms with Gasteiger partial charge < -0.3 is 14.4 Å². The highest BCUT2D eigenvalue weighted by Crippen LogP contribution is 2.27. The second-order valence-corrected chi connectivity index (χ2v) is 7.85. The summed E-state index contributed by atoms with van der Waals surface area (Å²) >= 11 is 7.49. The number of nitrogens with zero attached hydrogens (tertiary/aromatic N) is 4. The van der Waals surface area contributed by atoms with Gasteiger partial charge in [0.25, 0.3) is 0 Å². The zero-order chi connectivity index (χ0) is 20.1. The van der Waals surface area contributed by atoms with Gasteiger partial charge in [-0.1, -0.05) is 35.5 Å². The summed E-state index contributed by atoms with van der Waals surface area (Å²) in [5.74, 6) is 1.77. The molecule has 9 heteroatoms. The average molecular weight is 435 g/mol. The number of rotatable bonds is 7. The predicted octanol–water partition coefficient (Wildman–Crippen LogP) is 4.07. The molecule has 4 rings (SSSR count).